The van der Waals surface area contributed by atoms with E-state index >= 15 is 0 Å². The third-order valence-electron chi connectivity index (χ3n) is 3.70. The van der Waals surface area contributed by atoms with E-state index in [1.54, 1.807) is 14.2 Å². The summed E-state index contributed by atoms with van der Waals surface area (Å²) < 4.78 is 27.4. The molecular weight excluding hydrogens is 324 g/mol. The third kappa shape index (κ3) is 5.83. The monoisotopic (exact) mass is 348 g/mol. The molecule has 0 amide bonds. The van der Waals surface area contributed by atoms with Gasteiger partial charge >= 0.3 is 0 Å². The topological polar surface area (TPSA) is 44.8 Å². The van der Waals surface area contributed by atoms with Gasteiger partial charge in [0, 0.05) is 30.4 Å². The molecule has 1 aliphatic rings. The van der Waals surface area contributed by atoms with Crippen molar-refractivity contribution in [3.05, 3.63) is 60.7 Å². The molecule has 2 unspecified atom stereocenters. The number of hydrogen-bond donors (Lipinski definition) is 0. The van der Waals surface area contributed by atoms with Gasteiger partial charge in [-0.05, 0) is 30.7 Å². The molecule has 130 valence electrons. The lowest BCUT2D eigenvalue weighted by molar-refractivity contribution is -0.177. The van der Waals surface area contributed by atoms with Crippen LogP contribution in [0.25, 0.3) is 0 Å². The van der Waals surface area contributed by atoms with Gasteiger partial charge in [-0.3, -0.25) is 0 Å². The summed E-state index contributed by atoms with van der Waals surface area (Å²) in [5.74, 6) is 0. The van der Waals surface area contributed by atoms with Gasteiger partial charge in [-0.1, -0.05) is 36.4 Å². The molecule has 4 nitrogen and oxygen atoms in total. The van der Waals surface area contributed by atoms with E-state index in [-0.39, 0.29) is 12.4 Å². The molecule has 1 fully saturated rings. The Labute approximate surface area is 146 Å². The van der Waals surface area contributed by atoms with Crippen molar-refractivity contribution in [2.45, 2.75) is 35.0 Å². The molecular formula is C19H24O4S. The Morgan fingerprint density at radius 1 is 0.875 bits per heavy atom. The number of benzene rings is 2. The fourth-order valence-electron chi connectivity index (χ4n) is 2.30. The van der Waals surface area contributed by atoms with Gasteiger partial charge in [-0.2, -0.15) is 0 Å². The predicted molar refractivity (Wildman–Crippen MR) is 94.3 cm³/mol. The number of rotatable bonds is 4. The second-order valence-corrected chi connectivity index (χ2v) is 6.81. The third-order valence-corrected chi connectivity index (χ3v) is 5.10. The van der Waals surface area contributed by atoms with E-state index in [1.807, 2.05) is 60.7 Å². The first-order valence-electron chi connectivity index (χ1n) is 7.93. The van der Waals surface area contributed by atoms with Gasteiger partial charge in [0.25, 0.3) is 0 Å². The Hall–Kier alpha value is -1.53. The molecule has 0 bridgehead atoms. The van der Waals surface area contributed by atoms with E-state index in [1.165, 1.54) is 0 Å². The first-order chi connectivity index (χ1) is 11.7. The summed E-state index contributed by atoms with van der Waals surface area (Å²) in [7, 11) is 2.33. The minimum absolute atomic E-state index is 0.00796. The predicted octanol–water partition coefficient (Wildman–Crippen LogP) is 3.64. The molecule has 1 heterocycles. The molecule has 3 rings (SSSR count). The van der Waals surface area contributed by atoms with Crippen LogP contribution in [0.2, 0.25) is 0 Å². The average Bonchev–Trinajstić information content (AvgIpc) is 2.69. The maximum absolute atomic E-state index is 12.0. The van der Waals surface area contributed by atoms with Crippen LogP contribution < -0.4 is 0 Å². The maximum atomic E-state index is 12.0. The summed E-state index contributed by atoms with van der Waals surface area (Å²) in [5.41, 5.74) is 0. The number of hydrogen-bond acceptors (Lipinski definition) is 4. The van der Waals surface area contributed by atoms with Gasteiger partial charge < -0.3 is 14.2 Å². The minimum Gasteiger partial charge on any atom is -0.379 e. The van der Waals surface area contributed by atoms with Crippen LogP contribution in [-0.2, 0) is 25.0 Å². The van der Waals surface area contributed by atoms with Crippen LogP contribution in [0.1, 0.15) is 12.8 Å². The van der Waals surface area contributed by atoms with Crippen LogP contribution in [0.5, 0.6) is 0 Å². The molecule has 0 saturated carbocycles. The van der Waals surface area contributed by atoms with Crippen molar-refractivity contribution in [2.75, 3.05) is 20.8 Å². The van der Waals surface area contributed by atoms with Crippen LogP contribution in [0.15, 0.2) is 70.5 Å². The van der Waals surface area contributed by atoms with Gasteiger partial charge in [0.05, 0.1) is 23.5 Å². The van der Waals surface area contributed by atoms with Crippen LogP contribution >= 0.6 is 0 Å². The number of methoxy groups -OCH3 is 2. The highest BCUT2D eigenvalue weighted by Crippen LogP contribution is 2.15. The molecule has 0 radical (unpaired) electrons. The average molecular weight is 348 g/mol. The smallest absolute Gasteiger partial charge is 0.157 e. The molecule has 2 atom stereocenters. The fourth-order valence-corrected chi connectivity index (χ4v) is 3.38. The van der Waals surface area contributed by atoms with Crippen LogP contribution in [0.4, 0.5) is 0 Å². The normalized spacial score (nSPS) is 20.3. The lowest BCUT2D eigenvalue weighted by atomic mass is 10.1. The van der Waals surface area contributed by atoms with Crippen molar-refractivity contribution in [1.29, 1.82) is 0 Å². The Kier molecular flexibility index (Phi) is 8.12. The molecule has 1 aliphatic heterocycles. The largest absolute Gasteiger partial charge is 0.379 e. The van der Waals surface area contributed by atoms with Gasteiger partial charge in [0.1, 0.15) is 0 Å². The van der Waals surface area contributed by atoms with Crippen LogP contribution in [0.3, 0.4) is 0 Å². The standard InChI is InChI=1S/C12H10OS.C7H14O3/c13-14(11-7-3-1-4-8-11)12-9-5-2-6-10-12;1-8-6-3-4-7(9-2)10-5-6/h1-10H;6-7H,3-5H2,1-2H3. The lowest BCUT2D eigenvalue weighted by Gasteiger charge is -2.26. The Morgan fingerprint density at radius 3 is 1.79 bits per heavy atom. The first kappa shape index (κ1) is 18.8. The minimum atomic E-state index is -1.05. The van der Waals surface area contributed by atoms with E-state index in [9.17, 15) is 4.21 Å². The summed E-state index contributed by atoms with van der Waals surface area (Å²) in [6.07, 6.45) is 2.24. The molecule has 0 aromatic heterocycles. The van der Waals surface area contributed by atoms with E-state index in [2.05, 4.69) is 0 Å². The zero-order chi connectivity index (χ0) is 17.2. The SMILES string of the molecule is COC1CCC(OC)OC1.O=S(c1ccccc1)c1ccccc1. The highest BCUT2D eigenvalue weighted by atomic mass is 32.2. The first-order valence-corrected chi connectivity index (χ1v) is 9.08. The van der Waals surface area contributed by atoms with E-state index < -0.39 is 10.8 Å². The summed E-state index contributed by atoms with van der Waals surface area (Å²) in [5, 5.41) is 0. The quantitative estimate of drug-likeness (QED) is 0.846. The lowest BCUT2D eigenvalue weighted by Crippen LogP contribution is -2.31. The van der Waals surface area contributed by atoms with E-state index in [4.69, 9.17) is 14.2 Å². The fraction of sp³-hybridized carbons (Fsp3) is 0.368. The molecule has 5 heteroatoms. The zero-order valence-corrected chi connectivity index (χ0v) is 14.9. The Bertz CT molecular complexity index is 542. The summed E-state index contributed by atoms with van der Waals surface area (Å²) in [4.78, 5) is 1.69. The Morgan fingerprint density at radius 2 is 1.42 bits per heavy atom. The summed E-state index contributed by atoms with van der Waals surface area (Å²) >= 11 is 0. The second kappa shape index (κ2) is 10.4. The molecule has 0 spiro atoms. The number of ether oxygens (including phenoxy) is 3. The highest BCUT2D eigenvalue weighted by molar-refractivity contribution is 7.85. The summed E-state index contributed by atoms with van der Waals surface area (Å²) in [6, 6.07) is 19.0. The Balaban J connectivity index is 0.000000185. The van der Waals surface area contributed by atoms with Crippen molar-refractivity contribution in [2.24, 2.45) is 0 Å². The van der Waals surface area contributed by atoms with Crippen molar-refractivity contribution in [3.8, 4) is 0 Å². The van der Waals surface area contributed by atoms with Gasteiger partial charge in [-0.15, -0.1) is 0 Å². The van der Waals surface area contributed by atoms with Crippen LogP contribution in [-0.4, -0.2) is 37.4 Å². The van der Waals surface area contributed by atoms with Crippen molar-refractivity contribution >= 4 is 10.8 Å². The highest BCUT2D eigenvalue weighted by Gasteiger charge is 2.20. The van der Waals surface area contributed by atoms with Gasteiger partial charge in [0.2, 0.25) is 0 Å². The van der Waals surface area contributed by atoms with Crippen molar-refractivity contribution in [3.63, 3.8) is 0 Å². The van der Waals surface area contributed by atoms with Gasteiger partial charge in [-0.25, -0.2) is 4.21 Å². The molecule has 2 aromatic carbocycles. The molecule has 0 N–H and O–H groups in total. The summed E-state index contributed by atoms with van der Waals surface area (Å²) in [6.45, 7) is 0.662. The molecule has 1 saturated heterocycles. The van der Waals surface area contributed by atoms with E-state index in [0.29, 0.717) is 6.61 Å². The zero-order valence-electron chi connectivity index (χ0n) is 14.1. The maximum Gasteiger partial charge on any atom is 0.157 e. The van der Waals surface area contributed by atoms with Crippen molar-refractivity contribution < 1.29 is 18.4 Å². The van der Waals surface area contributed by atoms with Crippen LogP contribution in [0, 0.1) is 0 Å². The van der Waals surface area contributed by atoms with E-state index in [0.717, 1.165) is 22.6 Å². The second-order valence-electron chi connectivity index (χ2n) is 5.33. The van der Waals surface area contributed by atoms with Gasteiger partial charge in [0.15, 0.2) is 6.29 Å². The van der Waals surface area contributed by atoms with Crippen molar-refractivity contribution in [1.82, 2.24) is 0 Å². The molecule has 2 aromatic rings. The molecule has 24 heavy (non-hydrogen) atoms. The molecule has 0 aliphatic carbocycles.